The van der Waals surface area contributed by atoms with Crippen molar-refractivity contribution in [3.05, 3.63) is 40.6 Å². The second-order valence-electron chi connectivity index (χ2n) is 3.41. The van der Waals surface area contributed by atoms with E-state index in [9.17, 15) is 0 Å². The predicted octanol–water partition coefficient (Wildman–Crippen LogP) is 3.02. The van der Waals surface area contributed by atoms with E-state index in [4.69, 9.17) is 0 Å². The summed E-state index contributed by atoms with van der Waals surface area (Å²) >= 11 is 1.68. The molecule has 0 aliphatic carbocycles. The van der Waals surface area contributed by atoms with Crippen LogP contribution in [0.2, 0.25) is 0 Å². The minimum Gasteiger partial charge on any atom is -0.376 e. The number of aryl methyl sites for hydroxylation is 1. The van der Waals surface area contributed by atoms with Gasteiger partial charge in [-0.05, 0) is 26.0 Å². The Morgan fingerprint density at radius 1 is 1.47 bits per heavy atom. The Morgan fingerprint density at radius 2 is 2.33 bits per heavy atom. The van der Waals surface area contributed by atoms with Crippen LogP contribution in [-0.2, 0) is 0 Å². The third kappa shape index (κ3) is 2.33. The summed E-state index contributed by atoms with van der Waals surface area (Å²) in [5.74, 6) is 0. The largest absolute Gasteiger partial charge is 0.376 e. The number of nitrogens with zero attached hydrogens (tertiary/aromatic N) is 2. The zero-order valence-corrected chi connectivity index (χ0v) is 9.58. The van der Waals surface area contributed by atoms with Crippen LogP contribution in [0.1, 0.15) is 23.5 Å². The highest BCUT2D eigenvalue weighted by atomic mass is 32.1. The van der Waals surface area contributed by atoms with Crippen molar-refractivity contribution >= 4 is 17.0 Å². The number of hydrogen-bond donors (Lipinski definition) is 1. The van der Waals surface area contributed by atoms with Crippen molar-refractivity contribution in [3.63, 3.8) is 0 Å². The van der Waals surface area contributed by atoms with Gasteiger partial charge in [0.2, 0.25) is 0 Å². The Morgan fingerprint density at radius 3 is 2.93 bits per heavy atom. The maximum atomic E-state index is 4.24. The van der Waals surface area contributed by atoms with Crippen molar-refractivity contribution < 1.29 is 0 Å². The van der Waals surface area contributed by atoms with Crippen molar-refractivity contribution in [2.45, 2.75) is 19.9 Å². The van der Waals surface area contributed by atoms with Gasteiger partial charge in [0.05, 0.1) is 22.9 Å². The van der Waals surface area contributed by atoms with E-state index < -0.39 is 0 Å². The quantitative estimate of drug-likeness (QED) is 0.862. The summed E-state index contributed by atoms with van der Waals surface area (Å²) in [6, 6.07) is 4.22. The number of thiazole rings is 1. The molecule has 0 spiro atoms. The van der Waals surface area contributed by atoms with Crippen LogP contribution < -0.4 is 5.32 Å². The molecule has 0 fully saturated rings. The smallest absolute Gasteiger partial charge is 0.0798 e. The molecule has 0 radical (unpaired) electrons. The van der Waals surface area contributed by atoms with Crippen LogP contribution in [0.4, 0.5) is 5.69 Å². The molecule has 0 aliphatic rings. The molecule has 2 rings (SSSR count). The Kier molecular flexibility index (Phi) is 2.97. The predicted molar refractivity (Wildman–Crippen MR) is 63.1 cm³/mol. The summed E-state index contributed by atoms with van der Waals surface area (Å²) in [5, 5.41) is 3.39. The third-order valence-corrected chi connectivity index (χ3v) is 3.33. The van der Waals surface area contributed by atoms with Crippen LogP contribution in [0.25, 0.3) is 0 Å². The fraction of sp³-hybridized carbons (Fsp3) is 0.273. The van der Waals surface area contributed by atoms with Crippen molar-refractivity contribution in [2.75, 3.05) is 5.32 Å². The maximum absolute atomic E-state index is 4.24. The number of anilines is 1. The second-order valence-corrected chi connectivity index (χ2v) is 4.30. The lowest BCUT2D eigenvalue weighted by Crippen LogP contribution is -2.06. The summed E-state index contributed by atoms with van der Waals surface area (Å²) in [6.07, 6.45) is 3.60. The Labute approximate surface area is 93.2 Å². The minimum atomic E-state index is 0.279. The summed E-state index contributed by atoms with van der Waals surface area (Å²) in [7, 11) is 0. The minimum absolute atomic E-state index is 0.279. The van der Waals surface area contributed by atoms with Crippen LogP contribution in [0.15, 0.2) is 30.0 Å². The lowest BCUT2D eigenvalue weighted by atomic mass is 10.2. The highest BCUT2D eigenvalue weighted by molar-refractivity contribution is 7.09. The SMILES string of the molecule is Cc1ncsc1C(C)Nc1cccnc1. The standard InChI is InChI=1S/C11H13N3S/c1-8-11(15-7-13-8)9(2)14-10-4-3-5-12-6-10/h3-7,9,14H,1-2H3. The van der Waals surface area contributed by atoms with E-state index in [1.54, 1.807) is 17.5 Å². The molecule has 1 unspecified atom stereocenters. The third-order valence-electron chi connectivity index (χ3n) is 2.22. The highest BCUT2D eigenvalue weighted by Crippen LogP contribution is 2.24. The molecule has 0 amide bonds. The first kappa shape index (κ1) is 10.1. The topological polar surface area (TPSA) is 37.8 Å². The summed E-state index contributed by atoms with van der Waals surface area (Å²) in [5.41, 5.74) is 4.02. The van der Waals surface area contributed by atoms with E-state index in [0.717, 1.165) is 11.4 Å². The molecule has 0 saturated carbocycles. The number of nitrogens with one attached hydrogen (secondary N) is 1. The first-order valence-corrected chi connectivity index (χ1v) is 5.72. The van der Waals surface area contributed by atoms with Crippen molar-refractivity contribution in [1.82, 2.24) is 9.97 Å². The molecule has 0 saturated heterocycles. The zero-order valence-electron chi connectivity index (χ0n) is 8.77. The number of aromatic nitrogens is 2. The van der Waals surface area contributed by atoms with Crippen LogP contribution in [0.3, 0.4) is 0 Å². The van der Waals surface area contributed by atoms with Crippen LogP contribution in [0.5, 0.6) is 0 Å². The van der Waals surface area contributed by atoms with E-state index >= 15 is 0 Å². The normalized spacial score (nSPS) is 12.4. The van der Waals surface area contributed by atoms with Gasteiger partial charge in [0.25, 0.3) is 0 Å². The van der Waals surface area contributed by atoms with Crippen LogP contribution in [-0.4, -0.2) is 9.97 Å². The van der Waals surface area contributed by atoms with E-state index in [1.165, 1.54) is 4.88 Å². The summed E-state index contributed by atoms with van der Waals surface area (Å²) in [4.78, 5) is 9.59. The van der Waals surface area contributed by atoms with Gasteiger partial charge in [-0.1, -0.05) is 0 Å². The van der Waals surface area contributed by atoms with E-state index in [1.807, 2.05) is 30.8 Å². The van der Waals surface area contributed by atoms with E-state index in [-0.39, 0.29) is 6.04 Å². The lowest BCUT2D eigenvalue weighted by molar-refractivity contribution is 0.888. The van der Waals surface area contributed by atoms with Crippen molar-refractivity contribution in [2.24, 2.45) is 0 Å². The van der Waals surface area contributed by atoms with Crippen molar-refractivity contribution in [3.8, 4) is 0 Å². The molecule has 0 aromatic carbocycles. The number of rotatable bonds is 3. The molecule has 78 valence electrons. The number of hydrogen-bond acceptors (Lipinski definition) is 4. The Balaban J connectivity index is 2.11. The average molecular weight is 219 g/mol. The lowest BCUT2D eigenvalue weighted by Gasteiger charge is -2.13. The monoisotopic (exact) mass is 219 g/mol. The maximum Gasteiger partial charge on any atom is 0.0798 e. The summed E-state index contributed by atoms with van der Waals surface area (Å²) < 4.78 is 0. The fourth-order valence-electron chi connectivity index (χ4n) is 1.49. The molecule has 1 atom stereocenters. The Bertz CT molecular complexity index is 424. The molecular weight excluding hydrogens is 206 g/mol. The van der Waals surface area contributed by atoms with Gasteiger partial charge in [0.1, 0.15) is 0 Å². The molecule has 2 aromatic heterocycles. The average Bonchev–Trinajstić information content (AvgIpc) is 2.66. The molecule has 1 N–H and O–H groups in total. The molecule has 2 heterocycles. The highest BCUT2D eigenvalue weighted by Gasteiger charge is 2.10. The van der Waals surface area contributed by atoms with Gasteiger partial charge in [-0.3, -0.25) is 4.98 Å². The fourth-order valence-corrected chi connectivity index (χ4v) is 2.30. The molecule has 0 bridgehead atoms. The number of pyridine rings is 1. The van der Waals surface area contributed by atoms with Gasteiger partial charge in [0, 0.05) is 17.3 Å². The van der Waals surface area contributed by atoms with Gasteiger partial charge >= 0.3 is 0 Å². The van der Waals surface area contributed by atoms with E-state index in [0.29, 0.717) is 0 Å². The van der Waals surface area contributed by atoms with Gasteiger partial charge in [-0.25, -0.2) is 4.98 Å². The molecule has 0 aliphatic heterocycles. The van der Waals surface area contributed by atoms with Gasteiger partial charge in [0.15, 0.2) is 0 Å². The molecular formula is C11H13N3S. The van der Waals surface area contributed by atoms with Crippen LogP contribution >= 0.6 is 11.3 Å². The molecule has 4 heteroatoms. The molecule has 15 heavy (non-hydrogen) atoms. The van der Waals surface area contributed by atoms with Crippen LogP contribution in [0, 0.1) is 6.92 Å². The van der Waals surface area contributed by atoms with Crippen molar-refractivity contribution in [1.29, 1.82) is 0 Å². The Hall–Kier alpha value is -1.42. The first-order valence-electron chi connectivity index (χ1n) is 4.84. The van der Waals surface area contributed by atoms with Gasteiger partial charge < -0.3 is 5.32 Å². The zero-order chi connectivity index (χ0) is 10.7. The molecule has 3 nitrogen and oxygen atoms in total. The second kappa shape index (κ2) is 4.40. The van der Waals surface area contributed by atoms with E-state index in [2.05, 4.69) is 22.2 Å². The summed E-state index contributed by atoms with van der Waals surface area (Å²) in [6.45, 7) is 4.17. The molecule has 2 aromatic rings. The van der Waals surface area contributed by atoms with Gasteiger partial charge in [-0.15, -0.1) is 11.3 Å². The van der Waals surface area contributed by atoms with Gasteiger partial charge in [-0.2, -0.15) is 0 Å². The first-order chi connectivity index (χ1) is 7.27.